The van der Waals surface area contributed by atoms with E-state index in [-0.39, 0.29) is 11.7 Å². The third-order valence-electron chi connectivity index (χ3n) is 5.08. The third kappa shape index (κ3) is 4.87. The van der Waals surface area contributed by atoms with E-state index in [1.807, 2.05) is 62.4 Å². The van der Waals surface area contributed by atoms with E-state index in [4.69, 9.17) is 0 Å². The summed E-state index contributed by atoms with van der Waals surface area (Å²) in [7, 11) is 0. The van der Waals surface area contributed by atoms with Crippen LogP contribution in [0.3, 0.4) is 0 Å². The van der Waals surface area contributed by atoms with Crippen LogP contribution in [0.15, 0.2) is 53.7 Å². The van der Waals surface area contributed by atoms with Crippen molar-refractivity contribution in [3.05, 3.63) is 48.5 Å². The minimum absolute atomic E-state index is 0.154. The topological polar surface area (TPSA) is 138 Å². The Morgan fingerprint density at radius 2 is 1.77 bits per heavy atom. The van der Waals surface area contributed by atoms with Crippen molar-refractivity contribution >= 4 is 52.1 Å². The summed E-state index contributed by atoms with van der Waals surface area (Å²) in [6, 6.07) is 15.5. The highest BCUT2D eigenvalue weighted by Gasteiger charge is 2.16. The van der Waals surface area contributed by atoms with Crippen LogP contribution in [0, 0.1) is 0 Å². The molecule has 0 spiro atoms. The maximum Gasteiger partial charge on any atom is 0.261 e. The van der Waals surface area contributed by atoms with Gasteiger partial charge in [0.25, 0.3) is 5.78 Å². The molecule has 0 bridgehead atoms. The molecule has 11 nitrogen and oxygen atoms in total. The summed E-state index contributed by atoms with van der Waals surface area (Å²) in [5.41, 5.74) is 3.54. The van der Waals surface area contributed by atoms with E-state index in [2.05, 4.69) is 46.1 Å². The number of thioether (sulfide) groups is 1. The lowest BCUT2D eigenvalue weighted by molar-refractivity contribution is -0.113. The van der Waals surface area contributed by atoms with E-state index in [0.717, 1.165) is 22.4 Å². The quantitative estimate of drug-likeness (QED) is 0.229. The second kappa shape index (κ2) is 9.97. The van der Waals surface area contributed by atoms with Crippen LogP contribution in [-0.2, 0) is 4.79 Å². The first-order valence-corrected chi connectivity index (χ1v) is 12.2. The maximum absolute atomic E-state index is 12.6. The van der Waals surface area contributed by atoms with Crippen LogP contribution in [-0.4, -0.2) is 59.3 Å². The number of aromatic nitrogens is 7. The first kappa shape index (κ1) is 22.6. The van der Waals surface area contributed by atoms with Gasteiger partial charge in [-0.15, -0.1) is 10.2 Å². The average Bonchev–Trinajstić information content (AvgIpc) is 3.48. The highest BCUT2D eigenvalue weighted by atomic mass is 32.2. The first-order chi connectivity index (χ1) is 17.1. The molecular weight excluding hydrogens is 464 g/mol. The average molecular weight is 489 g/mol. The zero-order valence-electron chi connectivity index (χ0n) is 19.2. The predicted molar refractivity (Wildman–Crippen MR) is 138 cm³/mol. The van der Waals surface area contributed by atoms with Gasteiger partial charge in [-0.2, -0.15) is 9.97 Å². The summed E-state index contributed by atoms with van der Waals surface area (Å²) in [4.78, 5) is 29.4. The van der Waals surface area contributed by atoms with Crippen LogP contribution in [0.1, 0.15) is 13.8 Å². The minimum Gasteiger partial charge on any atom is -0.355 e. The van der Waals surface area contributed by atoms with Gasteiger partial charge in [-0.3, -0.25) is 4.79 Å². The van der Waals surface area contributed by atoms with Crippen molar-refractivity contribution in [1.29, 1.82) is 0 Å². The van der Waals surface area contributed by atoms with Gasteiger partial charge in [-0.25, -0.2) is 9.38 Å². The fourth-order valence-corrected chi connectivity index (χ4v) is 4.25. The molecule has 3 aromatic heterocycles. The maximum atomic E-state index is 12.6. The molecule has 35 heavy (non-hydrogen) atoms. The number of hydrogen-bond acceptors (Lipinski definition) is 9. The zero-order valence-corrected chi connectivity index (χ0v) is 20.1. The number of carbonyl (C=O) groups is 1. The standard InChI is InChI=1S/C23H24N10OS/c1-3-24-20-29-21(25-4-2)33-22(30-20)31-32-23(33)35-13-18(34)26-15-11-9-14(10-12-15)19-27-16-7-5-6-8-17(16)28-19/h5-12H,3-4,13H2,1-2H3,(H,26,34)(H,27,28)(H2,24,25,29,30,31). The lowest BCUT2D eigenvalue weighted by Gasteiger charge is -2.09. The molecule has 12 heteroatoms. The van der Waals surface area contributed by atoms with Crippen LogP contribution in [0.2, 0.25) is 0 Å². The van der Waals surface area contributed by atoms with Crippen LogP contribution in [0.25, 0.3) is 28.2 Å². The smallest absolute Gasteiger partial charge is 0.261 e. The molecule has 0 saturated heterocycles. The number of para-hydroxylation sites is 2. The molecule has 5 aromatic rings. The molecule has 0 aliphatic carbocycles. The van der Waals surface area contributed by atoms with Gasteiger partial charge in [-0.1, -0.05) is 23.9 Å². The molecule has 2 aromatic carbocycles. The Hall–Kier alpha value is -4.19. The van der Waals surface area contributed by atoms with E-state index in [0.29, 0.717) is 41.6 Å². The van der Waals surface area contributed by atoms with Crippen molar-refractivity contribution in [3.8, 4) is 11.4 Å². The highest BCUT2D eigenvalue weighted by Crippen LogP contribution is 2.23. The van der Waals surface area contributed by atoms with Crippen LogP contribution < -0.4 is 16.0 Å². The van der Waals surface area contributed by atoms with Crippen LogP contribution in [0.4, 0.5) is 17.6 Å². The highest BCUT2D eigenvalue weighted by molar-refractivity contribution is 7.99. The largest absolute Gasteiger partial charge is 0.355 e. The predicted octanol–water partition coefficient (Wildman–Crippen LogP) is 3.66. The molecule has 4 N–H and O–H groups in total. The van der Waals surface area contributed by atoms with Gasteiger partial charge < -0.3 is 20.9 Å². The van der Waals surface area contributed by atoms with Crippen LogP contribution >= 0.6 is 11.8 Å². The van der Waals surface area contributed by atoms with Crippen LogP contribution in [0.5, 0.6) is 0 Å². The second-order valence-corrected chi connectivity index (χ2v) is 8.51. The summed E-state index contributed by atoms with van der Waals surface area (Å²) in [5.74, 6) is 2.25. The number of anilines is 3. The Morgan fingerprint density at radius 3 is 2.54 bits per heavy atom. The fraction of sp³-hybridized carbons (Fsp3) is 0.217. The Labute approximate surface area is 205 Å². The molecule has 3 heterocycles. The summed E-state index contributed by atoms with van der Waals surface area (Å²) < 4.78 is 1.71. The molecule has 0 radical (unpaired) electrons. The number of fused-ring (bicyclic) bond motifs is 2. The number of amides is 1. The van der Waals surface area contributed by atoms with E-state index < -0.39 is 0 Å². The number of hydrogen-bond donors (Lipinski definition) is 4. The number of nitrogens with zero attached hydrogens (tertiary/aromatic N) is 6. The normalized spacial score (nSPS) is 11.1. The molecule has 0 unspecified atom stereocenters. The molecule has 0 saturated carbocycles. The number of imidazole rings is 1. The number of aromatic amines is 1. The molecule has 0 aliphatic heterocycles. The molecule has 0 fully saturated rings. The van der Waals surface area contributed by atoms with Gasteiger partial charge in [-0.05, 0) is 50.2 Å². The molecule has 0 aliphatic rings. The second-order valence-electron chi connectivity index (χ2n) is 7.57. The van der Waals surface area contributed by atoms with Crippen molar-refractivity contribution in [2.75, 3.05) is 34.8 Å². The van der Waals surface area contributed by atoms with Gasteiger partial charge in [0.05, 0.1) is 16.8 Å². The van der Waals surface area contributed by atoms with E-state index in [1.54, 1.807) is 4.40 Å². The number of nitrogens with one attached hydrogen (secondary N) is 4. The third-order valence-corrected chi connectivity index (χ3v) is 6.01. The van der Waals surface area contributed by atoms with Crippen molar-refractivity contribution in [1.82, 2.24) is 34.5 Å². The zero-order chi connectivity index (χ0) is 24.2. The lowest BCUT2D eigenvalue weighted by atomic mass is 10.2. The summed E-state index contributed by atoms with van der Waals surface area (Å²) >= 11 is 1.27. The van der Waals surface area contributed by atoms with Crippen molar-refractivity contribution in [2.45, 2.75) is 19.0 Å². The van der Waals surface area contributed by atoms with Gasteiger partial charge in [0.2, 0.25) is 17.8 Å². The number of carbonyl (C=O) groups excluding carboxylic acids is 1. The Morgan fingerprint density at radius 1 is 0.971 bits per heavy atom. The monoisotopic (exact) mass is 488 g/mol. The molecule has 5 rings (SSSR count). The molecule has 178 valence electrons. The summed E-state index contributed by atoms with van der Waals surface area (Å²) in [5, 5.41) is 18.1. The molecule has 1 amide bonds. The van der Waals surface area contributed by atoms with Crippen molar-refractivity contribution in [3.63, 3.8) is 0 Å². The van der Waals surface area contributed by atoms with Gasteiger partial charge in [0, 0.05) is 24.3 Å². The van der Waals surface area contributed by atoms with E-state index in [1.165, 1.54) is 11.8 Å². The minimum atomic E-state index is -0.154. The fourth-order valence-electron chi connectivity index (χ4n) is 3.53. The van der Waals surface area contributed by atoms with Gasteiger partial charge >= 0.3 is 0 Å². The summed E-state index contributed by atoms with van der Waals surface area (Å²) in [6.45, 7) is 5.31. The van der Waals surface area contributed by atoms with Crippen molar-refractivity contribution in [2.24, 2.45) is 0 Å². The van der Waals surface area contributed by atoms with Crippen molar-refractivity contribution < 1.29 is 4.79 Å². The number of H-pyrrole nitrogens is 1. The van der Waals surface area contributed by atoms with Gasteiger partial charge in [0.1, 0.15) is 5.82 Å². The Kier molecular flexibility index (Phi) is 6.44. The number of benzene rings is 2. The van der Waals surface area contributed by atoms with E-state index >= 15 is 0 Å². The lowest BCUT2D eigenvalue weighted by Crippen LogP contribution is -2.15. The SMILES string of the molecule is CCNc1nc(NCC)n2c(SCC(=O)Nc3ccc(-c4nc5ccccc5[nH]4)cc3)nnc2n1. The molecule has 0 atom stereocenters. The Bertz CT molecular complexity index is 1440. The first-order valence-electron chi connectivity index (χ1n) is 11.2. The van der Waals surface area contributed by atoms with E-state index in [9.17, 15) is 4.79 Å². The van der Waals surface area contributed by atoms with Gasteiger partial charge in [0.15, 0.2) is 5.16 Å². The Balaban J connectivity index is 1.25. The number of rotatable bonds is 9. The summed E-state index contributed by atoms with van der Waals surface area (Å²) in [6.07, 6.45) is 0. The molecular formula is C23H24N10OS.